The van der Waals surface area contributed by atoms with Gasteiger partial charge in [0.2, 0.25) is 5.91 Å². The van der Waals surface area contributed by atoms with Crippen molar-refractivity contribution < 1.29 is 9.63 Å². The molecule has 0 unspecified atom stereocenters. The minimum absolute atomic E-state index is 0.0476. The minimum atomic E-state index is -0.296. The van der Waals surface area contributed by atoms with Crippen LogP contribution in [0.1, 0.15) is 44.1 Å². The Morgan fingerprint density at radius 1 is 1.00 bits per heavy atom. The number of carbonyl (C=O) groups is 1. The third kappa shape index (κ3) is 6.14. The number of fused-ring (bicyclic) bond motifs is 1. The molecule has 3 rings (SSSR count). The molecule has 0 bridgehead atoms. The summed E-state index contributed by atoms with van der Waals surface area (Å²) in [5.74, 6) is 0.0476. The number of rotatable bonds is 10. The van der Waals surface area contributed by atoms with Crippen molar-refractivity contribution in [3.05, 3.63) is 64.4 Å². The first-order valence-electron chi connectivity index (χ1n) is 9.98. The summed E-state index contributed by atoms with van der Waals surface area (Å²) in [6.45, 7) is 2.42. The molecule has 1 N–H and O–H groups in total. The van der Waals surface area contributed by atoms with Crippen LogP contribution in [0.3, 0.4) is 0 Å². The fourth-order valence-corrected chi connectivity index (χ4v) is 2.99. The number of anilines is 1. The SMILES string of the molecule is Cc1ccc(NC(=O)CCCCCCCOn2nnc3ccccc3c2=O)cc1. The monoisotopic (exact) mass is 394 g/mol. The molecule has 2 aromatic carbocycles. The molecule has 0 aliphatic carbocycles. The van der Waals surface area contributed by atoms with Crippen molar-refractivity contribution >= 4 is 22.5 Å². The maximum Gasteiger partial charge on any atom is 0.314 e. The summed E-state index contributed by atoms with van der Waals surface area (Å²) in [5.41, 5.74) is 2.27. The van der Waals surface area contributed by atoms with Crippen molar-refractivity contribution in [1.82, 2.24) is 15.2 Å². The molecule has 7 heteroatoms. The van der Waals surface area contributed by atoms with Crippen molar-refractivity contribution in [3.8, 4) is 0 Å². The average molecular weight is 394 g/mol. The maximum atomic E-state index is 12.2. The van der Waals surface area contributed by atoms with Gasteiger partial charge in [-0.3, -0.25) is 9.59 Å². The first-order chi connectivity index (χ1) is 14.1. The molecule has 0 atom stereocenters. The summed E-state index contributed by atoms with van der Waals surface area (Å²) >= 11 is 0. The fourth-order valence-electron chi connectivity index (χ4n) is 2.99. The maximum absolute atomic E-state index is 12.2. The summed E-state index contributed by atoms with van der Waals surface area (Å²) in [7, 11) is 0. The highest BCUT2D eigenvalue weighted by molar-refractivity contribution is 5.90. The molecule has 0 fully saturated rings. The molecule has 29 heavy (non-hydrogen) atoms. The molecule has 0 radical (unpaired) electrons. The largest absolute Gasteiger partial charge is 0.392 e. The van der Waals surface area contributed by atoms with E-state index in [1.807, 2.05) is 37.3 Å². The second kappa shape index (κ2) is 10.4. The summed E-state index contributed by atoms with van der Waals surface area (Å²) in [6.07, 6.45) is 5.16. The average Bonchev–Trinajstić information content (AvgIpc) is 2.73. The van der Waals surface area contributed by atoms with E-state index in [-0.39, 0.29) is 11.5 Å². The zero-order chi connectivity index (χ0) is 20.5. The standard InChI is InChI=1S/C22H26N4O3/c1-17-12-14-18(15-13-17)23-21(27)11-5-3-2-4-8-16-29-26-22(28)19-9-6-7-10-20(19)24-25-26/h6-7,9-10,12-15H,2-5,8,11,16H2,1H3,(H,23,27). The number of carbonyl (C=O) groups excluding carboxylic acids is 1. The second-order valence-corrected chi connectivity index (χ2v) is 7.05. The van der Waals surface area contributed by atoms with E-state index in [9.17, 15) is 9.59 Å². The van der Waals surface area contributed by atoms with Crippen LogP contribution in [0.25, 0.3) is 10.9 Å². The molecule has 0 saturated carbocycles. The highest BCUT2D eigenvalue weighted by Gasteiger charge is 2.05. The predicted molar refractivity (Wildman–Crippen MR) is 113 cm³/mol. The van der Waals surface area contributed by atoms with Gasteiger partial charge in [0, 0.05) is 12.1 Å². The number of hydrogen-bond donors (Lipinski definition) is 1. The Hall–Kier alpha value is -3.22. The van der Waals surface area contributed by atoms with Crippen LogP contribution in [0.4, 0.5) is 5.69 Å². The van der Waals surface area contributed by atoms with E-state index in [0.717, 1.165) is 42.6 Å². The van der Waals surface area contributed by atoms with Gasteiger partial charge in [-0.1, -0.05) is 42.7 Å². The lowest BCUT2D eigenvalue weighted by Crippen LogP contribution is -2.31. The molecule has 7 nitrogen and oxygen atoms in total. The normalized spacial score (nSPS) is 10.8. The fraction of sp³-hybridized carbons (Fsp3) is 0.364. The number of unbranched alkanes of at least 4 members (excludes halogenated alkanes) is 4. The number of benzene rings is 2. The van der Waals surface area contributed by atoms with E-state index in [4.69, 9.17) is 4.84 Å². The Bertz CT molecular complexity index is 999. The van der Waals surface area contributed by atoms with Crippen LogP contribution in [0.2, 0.25) is 0 Å². The van der Waals surface area contributed by atoms with Gasteiger partial charge in [-0.05, 0) is 60.5 Å². The summed E-state index contributed by atoms with van der Waals surface area (Å²) in [4.78, 5) is 30.6. The predicted octanol–water partition coefficient (Wildman–Crippen LogP) is 3.51. The third-order valence-corrected chi connectivity index (χ3v) is 4.64. The lowest BCUT2D eigenvalue weighted by atomic mass is 10.1. The highest BCUT2D eigenvalue weighted by Crippen LogP contribution is 2.11. The first kappa shape index (κ1) is 20.5. The van der Waals surface area contributed by atoms with Crippen LogP contribution in [0, 0.1) is 6.92 Å². The number of nitrogens with one attached hydrogen (secondary N) is 1. The van der Waals surface area contributed by atoms with E-state index < -0.39 is 0 Å². The van der Waals surface area contributed by atoms with E-state index in [1.165, 1.54) is 5.56 Å². The number of aryl methyl sites for hydroxylation is 1. The van der Waals surface area contributed by atoms with Crippen LogP contribution >= 0.6 is 0 Å². The molecular formula is C22H26N4O3. The molecule has 0 aliphatic heterocycles. The topological polar surface area (TPSA) is 86.1 Å². The van der Waals surface area contributed by atoms with Crippen LogP contribution in [-0.2, 0) is 4.79 Å². The molecule has 1 amide bonds. The van der Waals surface area contributed by atoms with Crippen LogP contribution in [-0.4, -0.2) is 27.7 Å². The van der Waals surface area contributed by atoms with Crippen LogP contribution < -0.4 is 15.7 Å². The van der Waals surface area contributed by atoms with Gasteiger partial charge in [0.1, 0.15) is 12.1 Å². The molecule has 0 spiro atoms. The van der Waals surface area contributed by atoms with Gasteiger partial charge < -0.3 is 10.2 Å². The van der Waals surface area contributed by atoms with E-state index in [2.05, 4.69) is 15.6 Å². The summed E-state index contributed by atoms with van der Waals surface area (Å²) in [6, 6.07) is 14.8. The Morgan fingerprint density at radius 3 is 2.55 bits per heavy atom. The minimum Gasteiger partial charge on any atom is -0.392 e. The van der Waals surface area contributed by atoms with E-state index in [0.29, 0.717) is 23.9 Å². The Balaban J connectivity index is 1.28. The van der Waals surface area contributed by atoms with Gasteiger partial charge in [-0.15, -0.1) is 5.10 Å². The van der Waals surface area contributed by atoms with Gasteiger partial charge >= 0.3 is 5.56 Å². The van der Waals surface area contributed by atoms with Gasteiger partial charge in [-0.25, -0.2) is 0 Å². The smallest absolute Gasteiger partial charge is 0.314 e. The molecule has 1 aromatic heterocycles. The number of amides is 1. The molecule has 152 valence electrons. The van der Waals surface area contributed by atoms with Crippen LogP contribution in [0.15, 0.2) is 53.3 Å². The lowest BCUT2D eigenvalue weighted by Gasteiger charge is -2.07. The Kier molecular flexibility index (Phi) is 7.33. The quantitative estimate of drug-likeness (QED) is 0.532. The van der Waals surface area contributed by atoms with Crippen molar-refractivity contribution in [2.45, 2.75) is 45.4 Å². The third-order valence-electron chi connectivity index (χ3n) is 4.64. The second-order valence-electron chi connectivity index (χ2n) is 7.05. The molecule has 0 aliphatic rings. The molecule has 1 heterocycles. The van der Waals surface area contributed by atoms with Crippen molar-refractivity contribution in [2.75, 3.05) is 11.9 Å². The molecule has 0 saturated heterocycles. The Labute approximate surface area is 169 Å². The van der Waals surface area contributed by atoms with Crippen molar-refractivity contribution in [3.63, 3.8) is 0 Å². The highest BCUT2D eigenvalue weighted by atomic mass is 16.7. The molecule has 3 aromatic rings. The van der Waals surface area contributed by atoms with E-state index in [1.54, 1.807) is 18.2 Å². The van der Waals surface area contributed by atoms with E-state index >= 15 is 0 Å². The molecular weight excluding hydrogens is 368 g/mol. The van der Waals surface area contributed by atoms with Gasteiger partial charge in [-0.2, -0.15) is 0 Å². The van der Waals surface area contributed by atoms with Gasteiger partial charge in [0.25, 0.3) is 0 Å². The first-order valence-corrected chi connectivity index (χ1v) is 9.98. The van der Waals surface area contributed by atoms with Gasteiger partial charge in [0.05, 0.1) is 5.39 Å². The Morgan fingerprint density at radius 2 is 1.72 bits per heavy atom. The number of nitrogens with zero attached hydrogens (tertiary/aromatic N) is 3. The zero-order valence-corrected chi connectivity index (χ0v) is 16.6. The van der Waals surface area contributed by atoms with Crippen LogP contribution in [0.5, 0.6) is 0 Å². The van der Waals surface area contributed by atoms with Crippen molar-refractivity contribution in [2.24, 2.45) is 0 Å². The number of aromatic nitrogens is 3. The van der Waals surface area contributed by atoms with Gasteiger partial charge in [0.15, 0.2) is 0 Å². The number of hydrogen-bond acceptors (Lipinski definition) is 5. The zero-order valence-electron chi connectivity index (χ0n) is 16.6. The summed E-state index contributed by atoms with van der Waals surface area (Å²) in [5, 5.41) is 11.2. The summed E-state index contributed by atoms with van der Waals surface area (Å²) < 4.78 is 0. The van der Waals surface area contributed by atoms with Crippen molar-refractivity contribution in [1.29, 1.82) is 0 Å². The lowest BCUT2D eigenvalue weighted by molar-refractivity contribution is -0.116.